The topological polar surface area (TPSA) is 66.6 Å². The first-order valence-corrected chi connectivity index (χ1v) is 9.78. The Morgan fingerprint density at radius 2 is 1.93 bits per heavy atom. The summed E-state index contributed by atoms with van der Waals surface area (Å²) in [5.74, 6) is 0.0672. The Morgan fingerprint density at radius 1 is 1.22 bits per heavy atom. The van der Waals surface area contributed by atoms with Crippen LogP contribution in [0.3, 0.4) is 0 Å². The van der Waals surface area contributed by atoms with Crippen molar-refractivity contribution in [3.8, 4) is 0 Å². The molecule has 142 valence electrons. The Hall–Kier alpha value is -2.40. The number of anilines is 1. The van der Waals surface area contributed by atoms with Crippen molar-refractivity contribution in [1.82, 2.24) is 4.90 Å². The van der Waals surface area contributed by atoms with Gasteiger partial charge in [-0.25, -0.2) is 0 Å². The van der Waals surface area contributed by atoms with Crippen molar-refractivity contribution in [2.75, 3.05) is 24.5 Å². The number of benzene rings is 1. The highest BCUT2D eigenvalue weighted by Gasteiger charge is 2.39. The molecule has 27 heavy (non-hydrogen) atoms. The van der Waals surface area contributed by atoms with E-state index < -0.39 is 5.91 Å². The number of likely N-dealkylation sites (tertiary alicyclic amines) is 1. The van der Waals surface area contributed by atoms with Crippen LogP contribution in [0.4, 0.5) is 5.69 Å². The van der Waals surface area contributed by atoms with E-state index in [1.54, 1.807) is 5.57 Å². The van der Waals surface area contributed by atoms with Crippen LogP contribution in [0.1, 0.15) is 38.7 Å². The molecule has 2 N–H and O–H groups in total. The molecule has 1 saturated heterocycles. The van der Waals surface area contributed by atoms with E-state index in [1.165, 1.54) is 18.1 Å². The summed E-state index contributed by atoms with van der Waals surface area (Å²) >= 11 is 0. The van der Waals surface area contributed by atoms with Crippen LogP contribution in [0.15, 0.2) is 41.5 Å². The molecule has 2 aliphatic heterocycles. The van der Waals surface area contributed by atoms with Crippen molar-refractivity contribution in [2.45, 2.75) is 39.2 Å². The summed E-state index contributed by atoms with van der Waals surface area (Å²) < 4.78 is 0. The molecule has 1 aromatic rings. The highest BCUT2D eigenvalue weighted by atomic mass is 16.2. The fourth-order valence-corrected chi connectivity index (χ4v) is 4.58. The zero-order valence-electron chi connectivity index (χ0n) is 16.1. The van der Waals surface area contributed by atoms with Crippen molar-refractivity contribution in [3.63, 3.8) is 0 Å². The zero-order chi connectivity index (χ0) is 19.1. The van der Waals surface area contributed by atoms with Crippen LogP contribution >= 0.6 is 0 Å². The molecule has 3 aliphatic rings. The molecule has 2 heterocycles. The van der Waals surface area contributed by atoms with E-state index in [0.717, 1.165) is 49.6 Å². The van der Waals surface area contributed by atoms with Crippen LogP contribution < -0.4 is 10.6 Å². The average Bonchev–Trinajstić information content (AvgIpc) is 3.35. The van der Waals surface area contributed by atoms with Gasteiger partial charge >= 0.3 is 0 Å². The number of primary amides is 1. The normalized spacial score (nSPS) is 24.4. The minimum absolute atomic E-state index is 0.0949. The standard InChI is InChI=1S/C22H27N3O2/c1-14(2)18-11-15(18)13-24-9-7-16(8-10-24)25-20-6-4-3-5-17(20)19(22(25)27)12-21(23)26/h3-6,12,15-16H,7-11,13H2,1-2H3,(H2,23,26)/b19-12-. The molecule has 1 aromatic carbocycles. The predicted octanol–water partition coefficient (Wildman–Crippen LogP) is 2.72. The van der Waals surface area contributed by atoms with Gasteiger partial charge in [-0.05, 0) is 45.1 Å². The number of nitrogens with zero attached hydrogens (tertiary/aromatic N) is 2. The van der Waals surface area contributed by atoms with Crippen LogP contribution in [0.2, 0.25) is 0 Å². The van der Waals surface area contributed by atoms with Crippen LogP contribution in [-0.4, -0.2) is 42.4 Å². The van der Waals surface area contributed by atoms with Crippen molar-refractivity contribution in [3.05, 3.63) is 47.1 Å². The Bertz CT molecular complexity index is 843. The minimum Gasteiger partial charge on any atom is -0.366 e. The number of carbonyl (C=O) groups excluding carboxylic acids is 2. The molecular weight excluding hydrogens is 338 g/mol. The SMILES string of the molecule is CC(C)=C1CC1CN1CCC(N2C(=O)/C(=C\C(N)=O)c3ccccc32)CC1. The molecule has 1 aliphatic carbocycles. The summed E-state index contributed by atoms with van der Waals surface area (Å²) in [6.07, 6.45) is 4.44. The van der Waals surface area contributed by atoms with E-state index in [-0.39, 0.29) is 11.9 Å². The second-order valence-electron chi connectivity index (χ2n) is 8.11. The van der Waals surface area contributed by atoms with Crippen molar-refractivity contribution in [2.24, 2.45) is 11.7 Å². The lowest BCUT2D eigenvalue weighted by atomic mass is 10.0. The lowest BCUT2D eigenvalue weighted by Gasteiger charge is -2.37. The van der Waals surface area contributed by atoms with Gasteiger partial charge in [0.1, 0.15) is 0 Å². The molecule has 1 unspecified atom stereocenters. The Balaban J connectivity index is 1.46. The third kappa shape index (κ3) is 3.44. The largest absolute Gasteiger partial charge is 0.366 e. The highest BCUT2D eigenvalue weighted by Crippen LogP contribution is 2.42. The maximum atomic E-state index is 13.0. The van der Waals surface area contributed by atoms with Gasteiger partial charge in [0.15, 0.2) is 0 Å². The molecule has 1 saturated carbocycles. The second kappa shape index (κ2) is 6.97. The van der Waals surface area contributed by atoms with Gasteiger partial charge in [0.25, 0.3) is 5.91 Å². The Kier molecular flexibility index (Phi) is 4.64. The molecule has 2 fully saturated rings. The van der Waals surface area contributed by atoms with Crippen LogP contribution in [0, 0.1) is 5.92 Å². The van der Waals surface area contributed by atoms with Crippen LogP contribution in [-0.2, 0) is 9.59 Å². The maximum absolute atomic E-state index is 13.0. The van der Waals surface area contributed by atoms with Gasteiger partial charge in [0.05, 0.1) is 11.3 Å². The quantitative estimate of drug-likeness (QED) is 0.659. The average molecular weight is 365 g/mol. The molecule has 0 spiro atoms. The first-order chi connectivity index (χ1) is 13.0. The first kappa shape index (κ1) is 18.0. The third-order valence-electron chi connectivity index (χ3n) is 6.03. The van der Waals surface area contributed by atoms with E-state index in [9.17, 15) is 9.59 Å². The number of nitrogens with two attached hydrogens (primary N) is 1. The van der Waals surface area contributed by atoms with Crippen molar-refractivity contribution in [1.29, 1.82) is 0 Å². The minimum atomic E-state index is -0.579. The van der Waals surface area contributed by atoms with Gasteiger partial charge in [-0.15, -0.1) is 0 Å². The molecule has 5 nitrogen and oxygen atoms in total. The third-order valence-corrected chi connectivity index (χ3v) is 6.03. The fourth-order valence-electron chi connectivity index (χ4n) is 4.58. The first-order valence-electron chi connectivity index (χ1n) is 9.78. The summed E-state index contributed by atoms with van der Waals surface area (Å²) in [7, 11) is 0. The van der Waals surface area contributed by atoms with Crippen LogP contribution in [0.25, 0.3) is 5.57 Å². The molecule has 0 radical (unpaired) electrons. The van der Waals surface area contributed by atoms with Gasteiger partial charge in [0.2, 0.25) is 5.91 Å². The number of amides is 2. The van der Waals surface area contributed by atoms with Gasteiger partial charge in [0, 0.05) is 37.3 Å². The summed E-state index contributed by atoms with van der Waals surface area (Å²) in [6.45, 7) is 7.57. The number of allylic oxidation sites excluding steroid dienone is 1. The van der Waals surface area contributed by atoms with Crippen LogP contribution in [0.5, 0.6) is 0 Å². The highest BCUT2D eigenvalue weighted by molar-refractivity contribution is 6.35. The summed E-state index contributed by atoms with van der Waals surface area (Å²) in [6, 6.07) is 7.87. The monoisotopic (exact) mass is 365 g/mol. The van der Waals surface area contributed by atoms with Gasteiger partial charge in [-0.2, -0.15) is 0 Å². The zero-order valence-corrected chi connectivity index (χ0v) is 16.1. The lowest BCUT2D eigenvalue weighted by molar-refractivity contribution is -0.115. The number of para-hydroxylation sites is 1. The Labute approximate surface area is 160 Å². The van der Waals surface area contributed by atoms with Gasteiger partial charge < -0.3 is 15.5 Å². The molecular formula is C22H27N3O2. The number of rotatable bonds is 4. The van der Waals surface area contributed by atoms with E-state index in [1.807, 2.05) is 29.2 Å². The summed E-state index contributed by atoms with van der Waals surface area (Å²) in [4.78, 5) is 28.8. The number of fused-ring (bicyclic) bond motifs is 1. The summed E-state index contributed by atoms with van der Waals surface area (Å²) in [5.41, 5.74) is 10.6. The van der Waals surface area contributed by atoms with E-state index in [4.69, 9.17) is 5.73 Å². The van der Waals surface area contributed by atoms with Gasteiger partial charge in [-0.1, -0.05) is 29.3 Å². The van der Waals surface area contributed by atoms with Crippen molar-refractivity contribution < 1.29 is 9.59 Å². The van der Waals surface area contributed by atoms with Crippen molar-refractivity contribution >= 4 is 23.1 Å². The maximum Gasteiger partial charge on any atom is 0.259 e. The predicted molar refractivity (Wildman–Crippen MR) is 107 cm³/mol. The molecule has 0 bridgehead atoms. The lowest BCUT2D eigenvalue weighted by Crippen LogP contribution is -2.46. The van der Waals surface area contributed by atoms with E-state index in [0.29, 0.717) is 5.57 Å². The number of piperidine rings is 1. The number of hydrogen-bond acceptors (Lipinski definition) is 3. The molecule has 2 amide bonds. The number of carbonyl (C=O) groups is 2. The number of hydrogen-bond donors (Lipinski definition) is 1. The van der Waals surface area contributed by atoms with E-state index >= 15 is 0 Å². The molecule has 4 rings (SSSR count). The van der Waals surface area contributed by atoms with E-state index in [2.05, 4.69) is 18.7 Å². The molecule has 5 heteroatoms. The molecule has 0 aromatic heterocycles. The smallest absolute Gasteiger partial charge is 0.259 e. The second-order valence-corrected chi connectivity index (χ2v) is 8.11. The fraction of sp³-hybridized carbons (Fsp3) is 0.455. The molecule has 1 atom stereocenters. The summed E-state index contributed by atoms with van der Waals surface area (Å²) in [5, 5.41) is 0. The Morgan fingerprint density at radius 3 is 2.56 bits per heavy atom. The van der Waals surface area contributed by atoms with Gasteiger partial charge in [-0.3, -0.25) is 9.59 Å².